The minimum Gasteiger partial charge on any atom is -0.478 e. The number of carboxylic acids is 1. The van der Waals surface area contributed by atoms with Crippen LogP contribution in [0.25, 0.3) is 0 Å². The van der Waals surface area contributed by atoms with E-state index in [4.69, 9.17) is 16.7 Å². The maximum Gasteiger partial charge on any atom is 0.353 e. The Bertz CT molecular complexity index is 1060. The normalized spacial score (nSPS) is 10.4. The van der Waals surface area contributed by atoms with Crippen molar-refractivity contribution in [2.24, 2.45) is 0 Å². The van der Waals surface area contributed by atoms with Crippen LogP contribution in [0.5, 0.6) is 0 Å². The van der Waals surface area contributed by atoms with Gasteiger partial charge in [-0.25, -0.2) is 14.8 Å². The standard InChI is InChI=1S/C18H14ClN5O4/c1-10-2-5-12(19)8-14(10)23-17-15(24(27)28)16(20-9-21-17)22-13-6-3-11(4-7-13)18(25)26/h2-9H,1H3,(H,25,26)(H2,20,21,22,23). The fraction of sp³-hybridized carbons (Fsp3) is 0.0556. The van der Waals surface area contributed by atoms with E-state index in [-0.39, 0.29) is 22.9 Å². The summed E-state index contributed by atoms with van der Waals surface area (Å²) < 4.78 is 0. The first-order valence-electron chi connectivity index (χ1n) is 7.98. The second kappa shape index (κ2) is 7.89. The summed E-state index contributed by atoms with van der Waals surface area (Å²) in [4.78, 5) is 29.9. The quantitative estimate of drug-likeness (QED) is 0.407. The van der Waals surface area contributed by atoms with Crippen molar-refractivity contribution < 1.29 is 14.8 Å². The fourth-order valence-electron chi connectivity index (χ4n) is 2.42. The van der Waals surface area contributed by atoms with E-state index in [9.17, 15) is 14.9 Å². The molecule has 0 saturated carbocycles. The zero-order valence-corrected chi connectivity index (χ0v) is 15.3. The second-order valence-electron chi connectivity index (χ2n) is 5.77. The van der Waals surface area contributed by atoms with Crippen molar-refractivity contribution in [2.45, 2.75) is 6.92 Å². The van der Waals surface area contributed by atoms with Gasteiger partial charge < -0.3 is 15.7 Å². The molecule has 9 nitrogen and oxygen atoms in total. The predicted octanol–water partition coefficient (Wildman–Crippen LogP) is 4.53. The highest BCUT2D eigenvalue weighted by atomic mass is 35.5. The molecule has 0 radical (unpaired) electrons. The summed E-state index contributed by atoms with van der Waals surface area (Å²) in [5, 5.41) is 26.8. The number of hydrogen-bond donors (Lipinski definition) is 3. The van der Waals surface area contributed by atoms with Crippen LogP contribution in [-0.2, 0) is 0 Å². The Kier molecular flexibility index (Phi) is 5.37. The van der Waals surface area contributed by atoms with Gasteiger partial charge in [-0.3, -0.25) is 10.1 Å². The van der Waals surface area contributed by atoms with E-state index in [1.165, 1.54) is 30.6 Å². The minimum absolute atomic E-state index is 0.00461. The van der Waals surface area contributed by atoms with Gasteiger partial charge in [-0.2, -0.15) is 0 Å². The Balaban J connectivity index is 1.96. The molecule has 1 aromatic heterocycles. The minimum atomic E-state index is -1.07. The molecule has 0 fully saturated rings. The van der Waals surface area contributed by atoms with Crippen LogP contribution >= 0.6 is 11.6 Å². The number of nitrogens with zero attached hydrogens (tertiary/aromatic N) is 3. The van der Waals surface area contributed by atoms with E-state index < -0.39 is 10.9 Å². The summed E-state index contributed by atoms with van der Waals surface area (Å²) in [6.45, 7) is 1.83. The van der Waals surface area contributed by atoms with E-state index in [0.717, 1.165) is 5.56 Å². The SMILES string of the molecule is Cc1ccc(Cl)cc1Nc1ncnc(Nc2ccc(C(=O)O)cc2)c1[N+](=O)[O-]. The average Bonchev–Trinajstić information content (AvgIpc) is 2.65. The van der Waals surface area contributed by atoms with Gasteiger partial charge >= 0.3 is 11.7 Å². The smallest absolute Gasteiger partial charge is 0.353 e. The van der Waals surface area contributed by atoms with Gasteiger partial charge in [-0.05, 0) is 48.9 Å². The van der Waals surface area contributed by atoms with Crippen molar-refractivity contribution in [1.82, 2.24) is 9.97 Å². The lowest BCUT2D eigenvalue weighted by molar-refractivity contribution is -0.383. The van der Waals surface area contributed by atoms with Crippen LogP contribution in [0.15, 0.2) is 48.8 Å². The lowest BCUT2D eigenvalue weighted by Gasteiger charge is -2.12. The van der Waals surface area contributed by atoms with Gasteiger partial charge in [-0.1, -0.05) is 17.7 Å². The summed E-state index contributed by atoms with van der Waals surface area (Å²) in [5.74, 6) is -1.11. The largest absolute Gasteiger partial charge is 0.478 e. The van der Waals surface area contributed by atoms with Gasteiger partial charge in [0, 0.05) is 16.4 Å². The topological polar surface area (TPSA) is 130 Å². The summed E-state index contributed by atoms with van der Waals surface area (Å²) in [6.07, 6.45) is 1.18. The number of anilines is 4. The highest BCUT2D eigenvalue weighted by Crippen LogP contribution is 2.34. The van der Waals surface area contributed by atoms with Crippen molar-refractivity contribution in [3.05, 3.63) is 75.1 Å². The van der Waals surface area contributed by atoms with E-state index in [1.54, 1.807) is 18.2 Å². The van der Waals surface area contributed by atoms with Crippen molar-refractivity contribution in [3.8, 4) is 0 Å². The molecule has 28 heavy (non-hydrogen) atoms. The summed E-state index contributed by atoms with van der Waals surface area (Å²) in [6, 6.07) is 10.9. The molecule has 0 atom stereocenters. The number of aryl methyl sites for hydroxylation is 1. The maximum atomic E-state index is 11.7. The Morgan fingerprint density at radius 1 is 1.11 bits per heavy atom. The monoisotopic (exact) mass is 399 g/mol. The van der Waals surface area contributed by atoms with E-state index >= 15 is 0 Å². The van der Waals surface area contributed by atoms with Crippen LogP contribution in [-0.4, -0.2) is 26.0 Å². The molecule has 3 rings (SSSR count). The molecule has 0 unspecified atom stereocenters. The van der Waals surface area contributed by atoms with Gasteiger partial charge in [-0.15, -0.1) is 0 Å². The number of aromatic nitrogens is 2. The Labute approximate surface area is 164 Å². The summed E-state index contributed by atoms with van der Waals surface area (Å²) in [5.41, 5.74) is 1.59. The molecule has 0 amide bonds. The molecule has 2 aromatic carbocycles. The predicted molar refractivity (Wildman–Crippen MR) is 105 cm³/mol. The lowest BCUT2D eigenvalue weighted by Crippen LogP contribution is -2.06. The van der Waals surface area contributed by atoms with Crippen LogP contribution < -0.4 is 10.6 Å². The van der Waals surface area contributed by atoms with Crippen LogP contribution in [0, 0.1) is 17.0 Å². The van der Waals surface area contributed by atoms with E-state index in [0.29, 0.717) is 16.4 Å². The van der Waals surface area contributed by atoms with Gasteiger partial charge in [0.2, 0.25) is 11.6 Å². The number of carbonyl (C=O) groups is 1. The molecule has 0 saturated heterocycles. The van der Waals surface area contributed by atoms with E-state index in [2.05, 4.69) is 20.6 Å². The molecule has 0 aliphatic rings. The number of nitro groups is 1. The van der Waals surface area contributed by atoms with E-state index in [1.807, 2.05) is 6.92 Å². The fourth-order valence-corrected chi connectivity index (χ4v) is 2.60. The molecule has 3 N–H and O–H groups in total. The molecule has 10 heteroatoms. The number of benzene rings is 2. The Morgan fingerprint density at radius 2 is 1.75 bits per heavy atom. The third kappa shape index (κ3) is 4.15. The van der Waals surface area contributed by atoms with Crippen LogP contribution in [0.1, 0.15) is 15.9 Å². The molecular formula is C18H14ClN5O4. The molecule has 0 spiro atoms. The highest BCUT2D eigenvalue weighted by molar-refractivity contribution is 6.30. The van der Waals surface area contributed by atoms with Crippen LogP contribution in [0.4, 0.5) is 28.7 Å². The maximum absolute atomic E-state index is 11.7. The molecule has 0 aliphatic heterocycles. The number of carboxylic acid groups (broad SMARTS) is 1. The second-order valence-corrected chi connectivity index (χ2v) is 6.20. The lowest BCUT2D eigenvalue weighted by atomic mass is 10.2. The molecule has 0 aliphatic carbocycles. The molecular weight excluding hydrogens is 386 g/mol. The summed E-state index contributed by atoms with van der Waals surface area (Å²) in [7, 11) is 0. The van der Waals surface area contributed by atoms with Crippen molar-refractivity contribution in [3.63, 3.8) is 0 Å². The molecule has 3 aromatic rings. The number of aromatic carboxylic acids is 1. The van der Waals surface area contributed by atoms with Crippen molar-refractivity contribution >= 4 is 46.3 Å². The van der Waals surface area contributed by atoms with Crippen molar-refractivity contribution in [1.29, 1.82) is 0 Å². The Hall–Kier alpha value is -3.72. The zero-order valence-electron chi connectivity index (χ0n) is 14.5. The van der Waals surface area contributed by atoms with Gasteiger partial charge in [0.1, 0.15) is 6.33 Å². The first-order chi connectivity index (χ1) is 13.3. The van der Waals surface area contributed by atoms with Crippen molar-refractivity contribution in [2.75, 3.05) is 10.6 Å². The number of halogens is 1. The first-order valence-corrected chi connectivity index (χ1v) is 8.36. The third-order valence-electron chi connectivity index (χ3n) is 3.85. The highest BCUT2D eigenvalue weighted by Gasteiger charge is 2.24. The molecule has 0 bridgehead atoms. The zero-order chi connectivity index (χ0) is 20.3. The van der Waals surface area contributed by atoms with Gasteiger partial charge in [0.25, 0.3) is 0 Å². The number of rotatable bonds is 6. The number of nitrogens with one attached hydrogen (secondary N) is 2. The van der Waals surface area contributed by atoms with Gasteiger partial charge in [0.05, 0.1) is 10.5 Å². The van der Waals surface area contributed by atoms with Gasteiger partial charge in [0.15, 0.2) is 0 Å². The molecule has 1 heterocycles. The summed E-state index contributed by atoms with van der Waals surface area (Å²) >= 11 is 6.00. The Morgan fingerprint density at radius 3 is 2.36 bits per heavy atom. The first kappa shape index (κ1) is 19.1. The number of hydrogen-bond acceptors (Lipinski definition) is 7. The van der Waals surface area contributed by atoms with Crippen LogP contribution in [0.2, 0.25) is 5.02 Å². The van der Waals surface area contributed by atoms with Crippen LogP contribution in [0.3, 0.4) is 0 Å². The third-order valence-corrected chi connectivity index (χ3v) is 4.09. The molecule has 142 valence electrons. The average molecular weight is 400 g/mol.